The molecule has 0 aliphatic carbocycles. The van der Waals surface area contributed by atoms with E-state index in [0.717, 1.165) is 25.7 Å². The molecule has 0 amide bonds. The van der Waals surface area contributed by atoms with Crippen LogP contribution in [0, 0.1) is 5.92 Å². The van der Waals surface area contributed by atoms with Crippen LogP contribution in [0.5, 0.6) is 0 Å². The molecule has 0 aromatic heterocycles. The molecule has 1 unspecified atom stereocenters. The molecule has 78 valence electrons. The van der Waals surface area contributed by atoms with Gasteiger partial charge in [0, 0.05) is 0 Å². The van der Waals surface area contributed by atoms with Gasteiger partial charge in [-0.25, -0.2) is 0 Å². The summed E-state index contributed by atoms with van der Waals surface area (Å²) in [5, 5.41) is 0. The quantitative estimate of drug-likeness (QED) is 0.385. The first-order chi connectivity index (χ1) is 6.63. The molecule has 0 fully saturated rings. The lowest BCUT2D eigenvalue weighted by atomic mass is 9.90. The zero-order valence-electron chi connectivity index (χ0n) is 9.39. The highest BCUT2D eigenvalue weighted by Gasteiger charge is 2.08. The van der Waals surface area contributed by atoms with Gasteiger partial charge in [0.1, 0.15) is 0 Å². The Morgan fingerprint density at radius 2 is 1.71 bits per heavy atom. The molecule has 0 aromatic rings. The molecule has 0 heterocycles. The van der Waals surface area contributed by atoms with Gasteiger partial charge in [-0.2, -0.15) is 0 Å². The van der Waals surface area contributed by atoms with Crippen LogP contribution in [0.15, 0.2) is 49.6 Å². The third-order valence-electron chi connectivity index (χ3n) is 2.50. The van der Waals surface area contributed by atoms with E-state index in [1.165, 1.54) is 11.1 Å². The molecule has 0 saturated heterocycles. The smallest absolute Gasteiger partial charge is 0.0191 e. The third-order valence-corrected chi connectivity index (χ3v) is 2.50. The molecule has 0 N–H and O–H groups in total. The molecule has 0 radical (unpaired) electrons. The summed E-state index contributed by atoms with van der Waals surface area (Å²) in [6, 6.07) is 0. The average Bonchev–Trinajstić information content (AvgIpc) is 2.21. The highest BCUT2D eigenvalue weighted by Crippen LogP contribution is 2.24. The van der Waals surface area contributed by atoms with Gasteiger partial charge in [0.25, 0.3) is 0 Å². The van der Waals surface area contributed by atoms with E-state index in [1.807, 2.05) is 12.2 Å². The second kappa shape index (κ2) is 7.37. The second-order valence-electron chi connectivity index (χ2n) is 3.72. The van der Waals surface area contributed by atoms with Crippen LogP contribution in [0.3, 0.4) is 0 Å². The topological polar surface area (TPSA) is 0 Å². The molecular formula is C14H22. The zero-order valence-corrected chi connectivity index (χ0v) is 9.39. The number of hydrogen-bond acceptors (Lipinski definition) is 0. The summed E-state index contributed by atoms with van der Waals surface area (Å²) in [5.74, 6) is 0.519. The third kappa shape index (κ3) is 4.86. The van der Waals surface area contributed by atoms with Crippen molar-refractivity contribution in [3.05, 3.63) is 49.6 Å². The van der Waals surface area contributed by atoms with Gasteiger partial charge < -0.3 is 0 Å². The van der Waals surface area contributed by atoms with E-state index in [1.54, 1.807) is 0 Å². The standard InChI is InChI=1S/C14H22/c1-6-8-10-12(3)14(5)13(4)11-9-7-2/h6-7,13H,1-3,5,8-11H2,4H3. The van der Waals surface area contributed by atoms with E-state index in [4.69, 9.17) is 0 Å². The van der Waals surface area contributed by atoms with Crippen LogP contribution in [0.4, 0.5) is 0 Å². The lowest BCUT2D eigenvalue weighted by molar-refractivity contribution is 0.624. The highest BCUT2D eigenvalue weighted by atomic mass is 14.1. The number of hydrogen-bond donors (Lipinski definition) is 0. The fourth-order valence-electron chi connectivity index (χ4n) is 1.33. The Morgan fingerprint density at radius 1 is 1.14 bits per heavy atom. The van der Waals surface area contributed by atoms with Crippen molar-refractivity contribution in [2.75, 3.05) is 0 Å². The molecule has 0 aliphatic heterocycles. The molecule has 0 aromatic carbocycles. The normalized spacial score (nSPS) is 11.8. The largest absolute Gasteiger partial charge is 0.103 e. The van der Waals surface area contributed by atoms with E-state index in [0.29, 0.717) is 5.92 Å². The Morgan fingerprint density at radius 3 is 2.21 bits per heavy atom. The van der Waals surface area contributed by atoms with E-state index in [2.05, 4.69) is 33.2 Å². The van der Waals surface area contributed by atoms with Crippen molar-refractivity contribution in [1.29, 1.82) is 0 Å². The Bertz CT molecular complexity index is 220. The monoisotopic (exact) mass is 190 g/mol. The fourth-order valence-corrected chi connectivity index (χ4v) is 1.33. The van der Waals surface area contributed by atoms with Crippen LogP contribution in [-0.4, -0.2) is 0 Å². The van der Waals surface area contributed by atoms with Crippen molar-refractivity contribution in [3.8, 4) is 0 Å². The lowest BCUT2D eigenvalue weighted by Gasteiger charge is -2.15. The van der Waals surface area contributed by atoms with Crippen LogP contribution in [0.2, 0.25) is 0 Å². The van der Waals surface area contributed by atoms with Gasteiger partial charge in [0.2, 0.25) is 0 Å². The summed E-state index contributed by atoms with van der Waals surface area (Å²) in [6.07, 6.45) is 8.03. The lowest BCUT2D eigenvalue weighted by Crippen LogP contribution is -2.00. The van der Waals surface area contributed by atoms with Crippen LogP contribution >= 0.6 is 0 Å². The molecule has 0 heteroatoms. The van der Waals surface area contributed by atoms with Crippen molar-refractivity contribution >= 4 is 0 Å². The molecule has 14 heavy (non-hydrogen) atoms. The summed E-state index contributed by atoms with van der Waals surface area (Å²) >= 11 is 0. The first-order valence-electron chi connectivity index (χ1n) is 5.22. The fraction of sp³-hybridized carbons (Fsp3) is 0.429. The number of allylic oxidation sites excluding steroid dienone is 4. The summed E-state index contributed by atoms with van der Waals surface area (Å²) < 4.78 is 0. The van der Waals surface area contributed by atoms with E-state index in [-0.39, 0.29) is 0 Å². The molecule has 0 rings (SSSR count). The van der Waals surface area contributed by atoms with E-state index in [9.17, 15) is 0 Å². The number of rotatable bonds is 8. The van der Waals surface area contributed by atoms with Gasteiger partial charge >= 0.3 is 0 Å². The predicted molar refractivity (Wildman–Crippen MR) is 66.3 cm³/mol. The summed E-state index contributed by atoms with van der Waals surface area (Å²) in [7, 11) is 0. The van der Waals surface area contributed by atoms with Gasteiger partial charge in [-0.05, 0) is 37.2 Å². The summed E-state index contributed by atoms with van der Waals surface area (Å²) in [5.41, 5.74) is 2.36. The first-order valence-corrected chi connectivity index (χ1v) is 5.22. The van der Waals surface area contributed by atoms with Crippen molar-refractivity contribution in [2.24, 2.45) is 5.92 Å². The van der Waals surface area contributed by atoms with E-state index >= 15 is 0 Å². The van der Waals surface area contributed by atoms with Crippen LogP contribution in [-0.2, 0) is 0 Å². The van der Waals surface area contributed by atoms with Crippen molar-refractivity contribution in [1.82, 2.24) is 0 Å². The molecule has 1 atom stereocenters. The van der Waals surface area contributed by atoms with Gasteiger partial charge in [-0.1, -0.05) is 37.8 Å². The van der Waals surface area contributed by atoms with Gasteiger partial charge in [0.05, 0.1) is 0 Å². The molecular weight excluding hydrogens is 168 g/mol. The zero-order chi connectivity index (χ0) is 11.0. The van der Waals surface area contributed by atoms with Crippen molar-refractivity contribution in [3.63, 3.8) is 0 Å². The highest BCUT2D eigenvalue weighted by molar-refractivity contribution is 5.27. The molecule has 0 aliphatic rings. The minimum atomic E-state index is 0.519. The summed E-state index contributed by atoms with van der Waals surface area (Å²) in [4.78, 5) is 0. The Labute approximate surface area is 88.7 Å². The average molecular weight is 190 g/mol. The van der Waals surface area contributed by atoms with Crippen LogP contribution < -0.4 is 0 Å². The predicted octanol–water partition coefficient (Wildman–Crippen LogP) is 4.67. The van der Waals surface area contributed by atoms with Gasteiger partial charge in [-0.15, -0.1) is 13.2 Å². The van der Waals surface area contributed by atoms with Crippen LogP contribution in [0.1, 0.15) is 32.6 Å². The van der Waals surface area contributed by atoms with Crippen LogP contribution in [0.25, 0.3) is 0 Å². The molecule has 0 nitrogen and oxygen atoms in total. The minimum Gasteiger partial charge on any atom is -0.103 e. The first kappa shape index (κ1) is 13.0. The Balaban J connectivity index is 3.96. The molecule has 0 saturated carbocycles. The van der Waals surface area contributed by atoms with E-state index < -0.39 is 0 Å². The molecule has 0 spiro atoms. The summed E-state index contributed by atoms with van der Waals surface area (Å²) in [6.45, 7) is 17.8. The second-order valence-corrected chi connectivity index (χ2v) is 3.72. The van der Waals surface area contributed by atoms with Crippen molar-refractivity contribution < 1.29 is 0 Å². The molecule has 0 bridgehead atoms. The van der Waals surface area contributed by atoms with Crippen molar-refractivity contribution in [2.45, 2.75) is 32.6 Å². The maximum absolute atomic E-state index is 4.09. The Kier molecular flexibility index (Phi) is 6.82. The minimum absolute atomic E-state index is 0.519. The Hall–Kier alpha value is -1.04. The maximum Gasteiger partial charge on any atom is -0.0191 e. The van der Waals surface area contributed by atoms with Gasteiger partial charge in [-0.3, -0.25) is 0 Å². The van der Waals surface area contributed by atoms with Gasteiger partial charge in [0.15, 0.2) is 0 Å². The SMILES string of the molecule is C=CCCC(=C)C(=C)C(C)CCC=C. The maximum atomic E-state index is 4.09.